The number of hydrogen-bond donors (Lipinski definition) is 0. The Morgan fingerprint density at radius 1 is 0.857 bits per heavy atom. The maximum Gasteiger partial charge on any atom is 0.508 e. The molecular weight excluding hydrogens is 592 g/mol. The highest BCUT2D eigenvalue weighted by Gasteiger charge is 2.37. The second kappa shape index (κ2) is 14.2. The molecule has 0 spiro atoms. The van der Waals surface area contributed by atoms with Crippen LogP contribution in [-0.4, -0.2) is 65.4 Å². The van der Waals surface area contributed by atoms with Crippen molar-refractivity contribution in [3.63, 3.8) is 0 Å². The van der Waals surface area contributed by atoms with Crippen molar-refractivity contribution in [2.75, 3.05) is 26.1 Å². The van der Waals surface area contributed by atoms with Crippen LogP contribution in [0.3, 0.4) is 0 Å². The quantitative estimate of drug-likeness (QED) is 0.0690. The van der Waals surface area contributed by atoms with Gasteiger partial charge in [0.25, 0.3) is 16.5 Å². The zero-order valence-corrected chi connectivity index (χ0v) is 25.9. The fraction of sp³-hybridized carbons (Fsp3) is 0.423. The molecule has 2 aromatic carbocycles. The summed E-state index contributed by atoms with van der Waals surface area (Å²) in [7, 11) is -5.74. The highest BCUT2D eigenvalue weighted by molar-refractivity contribution is 7.90. The lowest BCUT2D eigenvalue weighted by molar-refractivity contribution is -0.851. The highest BCUT2D eigenvalue weighted by atomic mass is 32.2. The summed E-state index contributed by atoms with van der Waals surface area (Å²) in [5.41, 5.74) is 2.41. The summed E-state index contributed by atoms with van der Waals surface area (Å²) in [5, 5.41) is 18.3. The molecular formula is C26H34N2O12SSi. The predicted octanol–water partition coefficient (Wildman–Crippen LogP) is 4.92. The number of benzene rings is 2. The molecule has 0 aromatic heterocycles. The molecule has 0 aliphatic heterocycles. The Balaban J connectivity index is 2.48. The number of nitrogens with zero attached hydrogens (tertiary/aromatic N) is 2. The molecule has 0 aliphatic carbocycles. The van der Waals surface area contributed by atoms with Crippen molar-refractivity contribution in [2.45, 2.75) is 50.1 Å². The van der Waals surface area contributed by atoms with Gasteiger partial charge in [0.05, 0.1) is 11.5 Å². The van der Waals surface area contributed by atoms with Gasteiger partial charge in [-0.3, -0.25) is 9.68 Å². The van der Waals surface area contributed by atoms with E-state index in [0.717, 1.165) is 11.8 Å². The van der Waals surface area contributed by atoms with E-state index in [1.807, 2.05) is 30.3 Å². The molecule has 2 rings (SSSR count). The van der Waals surface area contributed by atoms with Crippen LogP contribution in [0.25, 0.3) is 11.1 Å². The van der Waals surface area contributed by atoms with Gasteiger partial charge in [0.1, 0.15) is 13.2 Å². The van der Waals surface area contributed by atoms with Crippen molar-refractivity contribution < 1.29 is 47.0 Å². The minimum absolute atomic E-state index is 0.0901. The van der Waals surface area contributed by atoms with E-state index in [9.17, 15) is 33.4 Å². The molecule has 0 aliphatic rings. The summed E-state index contributed by atoms with van der Waals surface area (Å²) < 4.78 is 40.6. The monoisotopic (exact) mass is 626 g/mol. The summed E-state index contributed by atoms with van der Waals surface area (Å²) in [4.78, 5) is 41.6. The first-order chi connectivity index (χ1) is 19.4. The highest BCUT2D eigenvalue weighted by Crippen LogP contribution is 2.38. The Kier molecular flexibility index (Phi) is 11.6. The van der Waals surface area contributed by atoms with Crippen molar-refractivity contribution in [3.05, 3.63) is 86.0 Å². The van der Waals surface area contributed by atoms with Gasteiger partial charge >= 0.3 is 6.16 Å². The Bertz CT molecular complexity index is 1370. The maximum absolute atomic E-state index is 12.4. The van der Waals surface area contributed by atoms with Gasteiger partial charge < -0.3 is 13.9 Å². The molecule has 14 nitrogen and oxygen atoms in total. The van der Waals surface area contributed by atoms with E-state index in [-0.39, 0.29) is 23.1 Å². The van der Waals surface area contributed by atoms with Crippen LogP contribution in [-0.2, 0) is 33.4 Å². The Morgan fingerprint density at radius 3 is 1.83 bits per heavy atom. The van der Waals surface area contributed by atoms with E-state index in [4.69, 9.17) is 13.9 Å². The van der Waals surface area contributed by atoms with E-state index in [1.165, 1.54) is 12.1 Å². The topological polar surface area (TPSA) is 184 Å². The molecule has 2 aromatic rings. The average Bonchev–Trinajstić information content (AvgIpc) is 2.88. The fourth-order valence-corrected chi connectivity index (χ4v) is 4.85. The fourth-order valence-electron chi connectivity index (χ4n) is 3.28. The number of carbonyl (C=O) groups excluding carboxylic acids is 1. The van der Waals surface area contributed by atoms with Crippen molar-refractivity contribution in [2.24, 2.45) is 0 Å². The van der Waals surface area contributed by atoms with Gasteiger partial charge in [0.15, 0.2) is 18.2 Å². The van der Waals surface area contributed by atoms with Gasteiger partial charge in [-0.15, -0.1) is 20.2 Å². The van der Waals surface area contributed by atoms with Gasteiger partial charge in [-0.2, -0.15) is 0 Å². The SMILES string of the molecule is CC(C)(C)[Si](C)(C)OC/C(=C(\COC(=O)OCC(O[N+](=O)[O-])O[N+](=O)[O-])c1ccc(S(C)(=O)=O)cc1)c1ccccc1. The predicted molar refractivity (Wildman–Crippen MR) is 153 cm³/mol. The van der Waals surface area contributed by atoms with Crippen LogP contribution in [0.4, 0.5) is 4.79 Å². The molecule has 0 bridgehead atoms. The molecule has 0 saturated carbocycles. The largest absolute Gasteiger partial charge is 0.508 e. The Labute approximate surface area is 244 Å². The second-order valence-corrected chi connectivity index (χ2v) is 17.4. The number of hydrogen-bond acceptors (Lipinski definition) is 12. The number of carbonyl (C=O) groups is 1. The van der Waals surface area contributed by atoms with Crippen LogP contribution in [0.1, 0.15) is 31.9 Å². The van der Waals surface area contributed by atoms with E-state index >= 15 is 0 Å². The van der Waals surface area contributed by atoms with Crippen LogP contribution in [0.5, 0.6) is 0 Å². The third kappa shape index (κ3) is 10.4. The molecule has 0 heterocycles. The normalized spacial score (nSPS) is 12.7. The van der Waals surface area contributed by atoms with E-state index in [2.05, 4.69) is 43.5 Å². The first-order valence-electron chi connectivity index (χ1n) is 12.5. The van der Waals surface area contributed by atoms with Gasteiger partial charge in [0.2, 0.25) is 0 Å². The molecule has 0 N–H and O–H groups in total. The lowest BCUT2D eigenvalue weighted by Gasteiger charge is -2.36. The molecule has 16 heteroatoms. The molecule has 0 amide bonds. The standard InChI is InChI=1S/C26H34N2O12SSi/c1-26(2,3)42(5,6)38-17-23(19-10-8-7-9-11-19)22(20-12-14-21(15-13-20)41(4,34)35)16-36-25(29)37-18-24(39-27(30)31)40-28(32)33/h7-15,24H,16-18H2,1-6H3/b23-22-. The van der Waals surface area contributed by atoms with Crippen LogP contribution in [0, 0.1) is 20.2 Å². The average molecular weight is 627 g/mol. The first kappa shape index (κ1) is 34.2. The smallest absolute Gasteiger partial charge is 0.430 e. The Morgan fingerprint density at radius 2 is 1.36 bits per heavy atom. The third-order valence-corrected chi connectivity index (χ3v) is 12.2. The molecule has 42 heavy (non-hydrogen) atoms. The minimum atomic E-state index is -3.48. The molecule has 0 unspecified atom stereocenters. The summed E-state index contributed by atoms with van der Waals surface area (Å²) >= 11 is 0. The lowest BCUT2D eigenvalue weighted by Crippen LogP contribution is -2.41. The van der Waals surface area contributed by atoms with E-state index < -0.39 is 47.4 Å². The number of sulfone groups is 1. The van der Waals surface area contributed by atoms with Crippen LogP contribution >= 0.6 is 0 Å². The summed E-state index contributed by atoms with van der Waals surface area (Å²) in [6.07, 6.45) is -2.36. The molecule has 0 saturated heterocycles. The second-order valence-electron chi connectivity index (χ2n) is 10.6. The maximum atomic E-state index is 12.4. The lowest BCUT2D eigenvalue weighted by atomic mass is 9.95. The summed E-state index contributed by atoms with van der Waals surface area (Å²) in [6, 6.07) is 15.2. The molecule has 0 atom stereocenters. The van der Waals surface area contributed by atoms with Crippen LogP contribution < -0.4 is 0 Å². The minimum Gasteiger partial charge on any atom is -0.430 e. The number of rotatable bonds is 14. The third-order valence-electron chi connectivity index (χ3n) is 6.58. The summed E-state index contributed by atoms with van der Waals surface area (Å²) in [5.74, 6) is 0. The number of ether oxygens (including phenoxy) is 2. The molecule has 0 radical (unpaired) electrons. The van der Waals surface area contributed by atoms with Gasteiger partial charge in [0, 0.05) is 11.8 Å². The van der Waals surface area contributed by atoms with E-state index in [1.54, 1.807) is 12.1 Å². The first-order valence-corrected chi connectivity index (χ1v) is 17.3. The van der Waals surface area contributed by atoms with Crippen molar-refractivity contribution in [1.82, 2.24) is 0 Å². The summed E-state index contributed by atoms with van der Waals surface area (Å²) in [6.45, 7) is 9.18. The molecule has 230 valence electrons. The molecule has 0 fully saturated rings. The van der Waals surface area contributed by atoms with Crippen molar-refractivity contribution >= 4 is 35.5 Å². The zero-order chi connectivity index (χ0) is 31.7. The van der Waals surface area contributed by atoms with Gasteiger partial charge in [-0.1, -0.05) is 63.2 Å². The van der Waals surface area contributed by atoms with Gasteiger partial charge in [-0.05, 0) is 47.0 Å². The van der Waals surface area contributed by atoms with Gasteiger partial charge in [-0.25, -0.2) is 13.2 Å². The van der Waals surface area contributed by atoms with Crippen LogP contribution in [0.2, 0.25) is 18.1 Å². The van der Waals surface area contributed by atoms with E-state index in [0.29, 0.717) is 16.7 Å². The van der Waals surface area contributed by atoms with Crippen molar-refractivity contribution in [3.8, 4) is 0 Å². The van der Waals surface area contributed by atoms with Crippen LogP contribution in [0.15, 0.2) is 59.5 Å². The van der Waals surface area contributed by atoms with Crippen molar-refractivity contribution in [1.29, 1.82) is 0 Å². The zero-order valence-electron chi connectivity index (χ0n) is 24.1. The Hall–Kier alpha value is -4.02.